The minimum absolute atomic E-state index is 0.0769. The van der Waals surface area contributed by atoms with Crippen molar-refractivity contribution >= 4 is 39.1 Å². The maximum atomic E-state index is 14.6. The van der Waals surface area contributed by atoms with Gasteiger partial charge in [0.25, 0.3) is 10.0 Å². The predicted molar refractivity (Wildman–Crippen MR) is 181 cm³/mol. The molecule has 0 fully saturated rings. The number of nitrogens with zero attached hydrogens (tertiary/aromatic N) is 2. The molecule has 0 unspecified atom stereocenters. The van der Waals surface area contributed by atoms with Crippen LogP contribution in [0.15, 0.2) is 108 Å². The Morgan fingerprint density at radius 3 is 2.10 bits per heavy atom. The average molecular weight is 700 g/mol. The number of benzene rings is 4. The molecule has 0 bridgehead atoms. The largest absolute Gasteiger partial charge is 0.416 e. The van der Waals surface area contributed by atoms with E-state index in [0.29, 0.717) is 22.4 Å². The summed E-state index contributed by atoms with van der Waals surface area (Å²) in [6, 6.07) is 24.3. The SMILES string of the molecule is CC[C@H](C)NC(=O)[C@@H](Cc1ccccc1)N(Cc1ccccc1C)C(=O)CN(c1cc(C(F)(F)F)ccc1Cl)S(=O)(=O)c1ccccc1. The molecular formula is C36H37ClF3N3O4S. The van der Waals surface area contributed by atoms with E-state index in [2.05, 4.69) is 5.32 Å². The fourth-order valence-electron chi connectivity index (χ4n) is 5.08. The van der Waals surface area contributed by atoms with Gasteiger partial charge in [0.1, 0.15) is 12.6 Å². The molecule has 1 N–H and O–H groups in total. The fraction of sp³-hybridized carbons (Fsp3) is 0.278. The van der Waals surface area contributed by atoms with Crippen LogP contribution in [0.3, 0.4) is 0 Å². The number of alkyl halides is 3. The smallest absolute Gasteiger partial charge is 0.352 e. The van der Waals surface area contributed by atoms with E-state index in [9.17, 15) is 31.2 Å². The Balaban J connectivity index is 1.88. The highest BCUT2D eigenvalue weighted by Crippen LogP contribution is 2.37. The zero-order valence-corrected chi connectivity index (χ0v) is 28.3. The number of hydrogen-bond donors (Lipinski definition) is 1. The van der Waals surface area contributed by atoms with Crippen molar-refractivity contribution in [2.75, 3.05) is 10.8 Å². The molecule has 2 amide bonds. The summed E-state index contributed by atoms with van der Waals surface area (Å²) in [7, 11) is -4.64. The molecule has 0 radical (unpaired) electrons. The lowest BCUT2D eigenvalue weighted by Gasteiger charge is -2.35. The quantitative estimate of drug-likeness (QED) is 0.157. The number of halogens is 4. The van der Waals surface area contributed by atoms with Crippen molar-refractivity contribution in [2.24, 2.45) is 0 Å². The zero-order chi connectivity index (χ0) is 35.1. The number of sulfonamides is 1. The van der Waals surface area contributed by atoms with Crippen LogP contribution >= 0.6 is 11.6 Å². The number of aryl methyl sites for hydroxylation is 1. The number of hydrogen-bond acceptors (Lipinski definition) is 4. The highest BCUT2D eigenvalue weighted by molar-refractivity contribution is 7.92. The first kappa shape index (κ1) is 36.5. The van der Waals surface area contributed by atoms with Gasteiger partial charge in [-0.2, -0.15) is 13.2 Å². The van der Waals surface area contributed by atoms with E-state index in [-0.39, 0.29) is 28.9 Å². The third-order valence-corrected chi connectivity index (χ3v) is 10.1. The highest BCUT2D eigenvalue weighted by Gasteiger charge is 2.37. The summed E-state index contributed by atoms with van der Waals surface area (Å²) in [5.41, 5.74) is 0.608. The van der Waals surface area contributed by atoms with Gasteiger partial charge in [0.2, 0.25) is 11.8 Å². The molecule has 4 aromatic carbocycles. The Kier molecular flexibility index (Phi) is 11.9. The first-order valence-corrected chi connectivity index (χ1v) is 17.2. The van der Waals surface area contributed by atoms with Gasteiger partial charge in [0.05, 0.1) is 21.2 Å². The summed E-state index contributed by atoms with van der Waals surface area (Å²) < 4.78 is 70.4. The molecule has 12 heteroatoms. The van der Waals surface area contributed by atoms with Crippen molar-refractivity contribution in [3.63, 3.8) is 0 Å². The second-order valence-corrected chi connectivity index (χ2v) is 13.7. The van der Waals surface area contributed by atoms with Gasteiger partial charge in [-0.15, -0.1) is 0 Å². The number of nitrogens with one attached hydrogen (secondary N) is 1. The lowest BCUT2D eigenvalue weighted by Crippen LogP contribution is -2.54. The third kappa shape index (κ3) is 8.96. The van der Waals surface area contributed by atoms with E-state index in [0.717, 1.165) is 23.3 Å². The monoisotopic (exact) mass is 699 g/mol. The van der Waals surface area contributed by atoms with Crippen molar-refractivity contribution in [3.05, 3.63) is 130 Å². The number of carbonyl (C=O) groups is 2. The average Bonchev–Trinajstić information content (AvgIpc) is 3.06. The van der Waals surface area contributed by atoms with E-state index >= 15 is 0 Å². The lowest BCUT2D eigenvalue weighted by molar-refractivity contribution is -0.140. The molecule has 2 atom stereocenters. The molecule has 0 aliphatic carbocycles. The standard InChI is InChI=1S/C36H37ClF3N3O4S/c1-4-26(3)41-35(45)33(21-27-14-7-5-8-15-27)42(23-28-16-12-11-13-25(28)2)34(44)24-43(48(46,47)30-17-9-6-10-18-30)32-22-29(36(38,39)40)19-20-31(32)37/h5-20,22,26,33H,4,21,23-24H2,1-3H3,(H,41,45)/t26-,33+/m0/s1. The summed E-state index contributed by atoms with van der Waals surface area (Å²) in [5.74, 6) is -1.27. The zero-order valence-electron chi connectivity index (χ0n) is 26.7. The first-order valence-electron chi connectivity index (χ1n) is 15.3. The van der Waals surface area contributed by atoms with Crippen LogP contribution in [0.2, 0.25) is 5.02 Å². The summed E-state index contributed by atoms with van der Waals surface area (Å²) >= 11 is 6.38. The second-order valence-electron chi connectivity index (χ2n) is 11.5. The van der Waals surface area contributed by atoms with Gasteiger partial charge >= 0.3 is 6.18 Å². The minimum Gasteiger partial charge on any atom is -0.352 e. The van der Waals surface area contributed by atoms with Crippen LogP contribution in [0.5, 0.6) is 0 Å². The first-order chi connectivity index (χ1) is 22.7. The Bertz CT molecular complexity index is 1820. The summed E-state index contributed by atoms with van der Waals surface area (Å²) in [4.78, 5) is 29.6. The van der Waals surface area contributed by atoms with Crippen molar-refractivity contribution in [3.8, 4) is 0 Å². The van der Waals surface area contributed by atoms with Gasteiger partial charge in [-0.1, -0.05) is 91.3 Å². The Morgan fingerprint density at radius 1 is 0.896 bits per heavy atom. The Morgan fingerprint density at radius 2 is 1.50 bits per heavy atom. The van der Waals surface area contributed by atoms with Gasteiger partial charge in [-0.3, -0.25) is 13.9 Å². The van der Waals surface area contributed by atoms with Crippen LogP contribution in [0.4, 0.5) is 18.9 Å². The molecule has 48 heavy (non-hydrogen) atoms. The van der Waals surface area contributed by atoms with E-state index < -0.39 is 51.9 Å². The van der Waals surface area contributed by atoms with Crippen LogP contribution in [0.25, 0.3) is 0 Å². The van der Waals surface area contributed by atoms with Gasteiger partial charge in [0.15, 0.2) is 0 Å². The van der Waals surface area contributed by atoms with Gasteiger partial charge < -0.3 is 10.2 Å². The van der Waals surface area contributed by atoms with E-state index in [4.69, 9.17) is 11.6 Å². The molecule has 0 spiro atoms. The minimum atomic E-state index is -4.82. The summed E-state index contributed by atoms with van der Waals surface area (Å²) in [6.07, 6.45) is -4.11. The van der Waals surface area contributed by atoms with Crippen LogP contribution < -0.4 is 9.62 Å². The lowest BCUT2D eigenvalue weighted by atomic mass is 10.0. The van der Waals surface area contributed by atoms with E-state index in [1.54, 1.807) is 30.3 Å². The van der Waals surface area contributed by atoms with Crippen molar-refractivity contribution < 1.29 is 31.2 Å². The van der Waals surface area contributed by atoms with Crippen molar-refractivity contribution in [1.82, 2.24) is 10.2 Å². The summed E-state index contributed by atoms with van der Waals surface area (Å²) in [5, 5.41) is 2.64. The van der Waals surface area contributed by atoms with Crippen molar-refractivity contribution in [2.45, 2.75) is 63.3 Å². The highest BCUT2D eigenvalue weighted by atomic mass is 35.5. The van der Waals surface area contributed by atoms with Gasteiger partial charge in [-0.05, 0) is 67.3 Å². The van der Waals surface area contributed by atoms with Gasteiger partial charge in [-0.25, -0.2) is 8.42 Å². The fourth-order valence-corrected chi connectivity index (χ4v) is 6.79. The maximum absolute atomic E-state index is 14.6. The molecular weight excluding hydrogens is 663 g/mol. The molecule has 0 aromatic heterocycles. The topological polar surface area (TPSA) is 86.8 Å². The number of anilines is 1. The Hall–Kier alpha value is -4.35. The number of carbonyl (C=O) groups excluding carboxylic acids is 2. The molecule has 4 aromatic rings. The molecule has 0 heterocycles. The van der Waals surface area contributed by atoms with E-state index in [1.165, 1.54) is 29.2 Å². The number of rotatable bonds is 13. The number of amides is 2. The third-order valence-electron chi connectivity index (χ3n) is 8.03. The molecule has 7 nitrogen and oxygen atoms in total. The molecule has 0 aliphatic heterocycles. The second kappa shape index (κ2) is 15.7. The normalized spacial score (nSPS) is 13.0. The Labute approximate surface area is 284 Å². The molecule has 4 rings (SSSR count). The van der Waals surface area contributed by atoms with Gasteiger partial charge in [0, 0.05) is 19.0 Å². The molecule has 0 saturated carbocycles. The molecule has 254 valence electrons. The molecule has 0 aliphatic rings. The predicted octanol–water partition coefficient (Wildman–Crippen LogP) is 7.42. The van der Waals surface area contributed by atoms with Crippen LogP contribution in [-0.4, -0.2) is 43.8 Å². The van der Waals surface area contributed by atoms with Crippen LogP contribution in [0.1, 0.15) is 42.5 Å². The van der Waals surface area contributed by atoms with Crippen LogP contribution in [0, 0.1) is 6.92 Å². The van der Waals surface area contributed by atoms with Crippen molar-refractivity contribution in [1.29, 1.82) is 0 Å². The van der Waals surface area contributed by atoms with E-state index in [1.807, 2.05) is 51.1 Å². The molecule has 0 saturated heterocycles. The summed E-state index contributed by atoms with van der Waals surface area (Å²) in [6.45, 7) is 4.56. The van der Waals surface area contributed by atoms with Crippen LogP contribution in [-0.2, 0) is 38.8 Å². The maximum Gasteiger partial charge on any atom is 0.416 e.